The molecule has 1 aromatic heterocycles. The van der Waals surface area contributed by atoms with Crippen molar-refractivity contribution in [2.75, 3.05) is 10.5 Å². The Morgan fingerprint density at radius 2 is 1.78 bits per heavy atom. The lowest BCUT2D eigenvalue weighted by Gasteiger charge is -2.14. The van der Waals surface area contributed by atoms with Crippen molar-refractivity contribution in [2.24, 2.45) is 0 Å². The Hall–Kier alpha value is -2.64. The summed E-state index contributed by atoms with van der Waals surface area (Å²) in [5.74, 6) is 0.808. The maximum atomic E-state index is 11.6. The van der Waals surface area contributed by atoms with Crippen LogP contribution in [-0.2, 0) is 16.6 Å². The summed E-state index contributed by atoms with van der Waals surface area (Å²) in [7, 11) is -3.26. The van der Waals surface area contributed by atoms with Crippen LogP contribution in [0.5, 0.6) is 0 Å². The van der Waals surface area contributed by atoms with Gasteiger partial charge in [-0.1, -0.05) is 47.6 Å². The molecule has 6 nitrogen and oxygen atoms in total. The molecule has 2 N–H and O–H groups in total. The highest BCUT2D eigenvalue weighted by atomic mass is 32.2. The molecule has 0 aliphatic carbocycles. The van der Waals surface area contributed by atoms with Gasteiger partial charge in [-0.25, -0.2) is 8.42 Å². The van der Waals surface area contributed by atoms with E-state index >= 15 is 0 Å². The third-order valence-electron chi connectivity index (χ3n) is 4.28. The molecule has 3 rings (SSSR count). The fourth-order valence-corrected chi connectivity index (χ4v) is 3.24. The van der Waals surface area contributed by atoms with Crippen LogP contribution in [0.25, 0.3) is 11.3 Å². The molecule has 142 valence electrons. The van der Waals surface area contributed by atoms with Crippen LogP contribution >= 0.6 is 0 Å². The Morgan fingerprint density at radius 1 is 1.07 bits per heavy atom. The van der Waals surface area contributed by atoms with E-state index in [1.807, 2.05) is 55.5 Å². The summed E-state index contributed by atoms with van der Waals surface area (Å²) < 4.78 is 31.2. The van der Waals surface area contributed by atoms with Gasteiger partial charge >= 0.3 is 0 Å². The van der Waals surface area contributed by atoms with Crippen molar-refractivity contribution in [3.05, 3.63) is 72.0 Å². The Bertz CT molecular complexity index is 967. The van der Waals surface area contributed by atoms with Crippen molar-refractivity contribution in [1.82, 2.24) is 10.5 Å². The zero-order valence-electron chi connectivity index (χ0n) is 15.3. The maximum absolute atomic E-state index is 11.6. The molecule has 27 heavy (non-hydrogen) atoms. The van der Waals surface area contributed by atoms with Crippen LogP contribution in [-0.4, -0.2) is 19.3 Å². The topological polar surface area (TPSA) is 84.2 Å². The number of benzene rings is 2. The predicted molar refractivity (Wildman–Crippen MR) is 107 cm³/mol. The quantitative estimate of drug-likeness (QED) is 0.613. The molecule has 0 spiro atoms. The van der Waals surface area contributed by atoms with Gasteiger partial charge < -0.3 is 9.84 Å². The maximum Gasteiger partial charge on any atom is 0.232 e. The Morgan fingerprint density at radius 3 is 2.44 bits per heavy atom. The molecule has 2 aromatic carbocycles. The third kappa shape index (κ3) is 5.18. The zero-order chi connectivity index (χ0) is 19.3. The first-order valence-corrected chi connectivity index (χ1v) is 10.5. The highest BCUT2D eigenvalue weighted by Gasteiger charge is 2.11. The molecule has 0 radical (unpaired) electrons. The molecular formula is C20H23N3O3S. The van der Waals surface area contributed by atoms with Crippen LogP contribution < -0.4 is 10.0 Å². The molecule has 0 fully saturated rings. The van der Waals surface area contributed by atoms with Gasteiger partial charge in [-0.05, 0) is 31.5 Å². The second-order valence-corrected chi connectivity index (χ2v) is 8.29. The first kappa shape index (κ1) is 19.1. The zero-order valence-corrected chi connectivity index (χ0v) is 16.2. The SMILES string of the molecule is CCS(=O)(=O)Nc1ccc([C@@H](C)NCc2cc(-c3ccccc3)no2)cc1. The fourth-order valence-electron chi connectivity index (χ4n) is 2.60. The number of sulfonamides is 1. The van der Waals surface area contributed by atoms with Gasteiger partial charge in [0.15, 0.2) is 5.76 Å². The van der Waals surface area contributed by atoms with E-state index in [-0.39, 0.29) is 11.8 Å². The first-order chi connectivity index (χ1) is 13.0. The highest BCUT2D eigenvalue weighted by molar-refractivity contribution is 7.92. The largest absolute Gasteiger partial charge is 0.359 e. The molecule has 0 saturated heterocycles. The average molecular weight is 385 g/mol. The number of aromatic nitrogens is 1. The summed E-state index contributed by atoms with van der Waals surface area (Å²) in [5.41, 5.74) is 3.45. The van der Waals surface area contributed by atoms with Crippen LogP contribution in [0, 0.1) is 0 Å². The van der Waals surface area contributed by atoms with Gasteiger partial charge in [0, 0.05) is 23.4 Å². The summed E-state index contributed by atoms with van der Waals surface area (Å²) in [5, 5.41) is 7.50. The van der Waals surface area contributed by atoms with Crippen molar-refractivity contribution >= 4 is 15.7 Å². The van der Waals surface area contributed by atoms with Crippen molar-refractivity contribution in [3.63, 3.8) is 0 Å². The summed E-state index contributed by atoms with van der Waals surface area (Å²) in [4.78, 5) is 0. The van der Waals surface area contributed by atoms with Gasteiger partial charge in [0.2, 0.25) is 10.0 Å². The number of hydrogen-bond acceptors (Lipinski definition) is 5. The van der Waals surface area contributed by atoms with Crippen LogP contribution in [0.4, 0.5) is 5.69 Å². The van der Waals surface area contributed by atoms with Gasteiger partial charge in [0.05, 0.1) is 12.3 Å². The Balaban J connectivity index is 1.58. The molecule has 0 unspecified atom stereocenters. The van der Waals surface area contributed by atoms with E-state index in [1.54, 1.807) is 19.1 Å². The van der Waals surface area contributed by atoms with E-state index in [9.17, 15) is 8.42 Å². The minimum atomic E-state index is -3.26. The summed E-state index contributed by atoms with van der Waals surface area (Å²) in [6.45, 7) is 4.19. The lowest BCUT2D eigenvalue weighted by Crippen LogP contribution is -2.18. The van der Waals surface area contributed by atoms with Crippen molar-refractivity contribution < 1.29 is 12.9 Å². The first-order valence-electron chi connectivity index (χ1n) is 8.81. The van der Waals surface area contributed by atoms with E-state index < -0.39 is 10.0 Å². The summed E-state index contributed by atoms with van der Waals surface area (Å²) >= 11 is 0. The third-order valence-corrected chi connectivity index (χ3v) is 5.58. The van der Waals surface area contributed by atoms with E-state index in [4.69, 9.17) is 4.52 Å². The highest BCUT2D eigenvalue weighted by Crippen LogP contribution is 2.20. The predicted octanol–water partition coefficient (Wildman–Crippen LogP) is 3.95. The normalized spacial score (nSPS) is 12.7. The van der Waals surface area contributed by atoms with Gasteiger partial charge in [-0.3, -0.25) is 4.72 Å². The molecule has 0 bridgehead atoms. The van der Waals surface area contributed by atoms with Gasteiger partial charge in [-0.2, -0.15) is 0 Å². The van der Waals surface area contributed by atoms with Crippen LogP contribution in [0.2, 0.25) is 0 Å². The van der Waals surface area contributed by atoms with Crippen molar-refractivity contribution in [1.29, 1.82) is 0 Å². The van der Waals surface area contributed by atoms with Crippen LogP contribution in [0.3, 0.4) is 0 Å². The van der Waals surface area contributed by atoms with E-state index in [0.29, 0.717) is 12.2 Å². The number of nitrogens with one attached hydrogen (secondary N) is 2. The lowest BCUT2D eigenvalue weighted by molar-refractivity contribution is 0.368. The number of nitrogens with zero attached hydrogens (tertiary/aromatic N) is 1. The minimum Gasteiger partial charge on any atom is -0.359 e. The summed E-state index contributed by atoms with van der Waals surface area (Å²) in [6, 6.07) is 19.2. The number of rotatable bonds is 8. The molecule has 1 atom stereocenters. The molecule has 3 aromatic rings. The molecule has 0 amide bonds. The van der Waals surface area contributed by atoms with E-state index in [1.165, 1.54) is 0 Å². The minimum absolute atomic E-state index is 0.0505. The number of hydrogen-bond donors (Lipinski definition) is 2. The number of anilines is 1. The fraction of sp³-hybridized carbons (Fsp3) is 0.250. The smallest absolute Gasteiger partial charge is 0.232 e. The Kier molecular flexibility index (Phi) is 5.93. The lowest BCUT2D eigenvalue weighted by atomic mass is 10.1. The Labute approximate surface area is 159 Å². The van der Waals surface area contributed by atoms with Crippen LogP contribution in [0.1, 0.15) is 31.2 Å². The second-order valence-electron chi connectivity index (χ2n) is 6.27. The standard InChI is InChI=1S/C20H23N3O3S/c1-3-27(24,25)23-18-11-9-16(10-12-18)15(2)21-14-19-13-20(22-26-19)17-7-5-4-6-8-17/h4-13,15,21,23H,3,14H2,1-2H3/t15-/m1/s1. The van der Waals surface area contributed by atoms with E-state index in [2.05, 4.69) is 15.2 Å². The molecule has 0 saturated carbocycles. The molecule has 0 aliphatic heterocycles. The molecule has 1 heterocycles. The van der Waals surface area contributed by atoms with Crippen LogP contribution in [0.15, 0.2) is 65.2 Å². The molecule has 7 heteroatoms. The van der Waals surface area contributed by atoms with Crippen molar-refractivity contribution in [3.8, 4) is 11.3 Å². The van der Waals surface area contributed by atoms with Gasteiger partial charge in [-0.15, -0.1) is 0 Å². The van der Waals surface area contributed by atoms with Gasteiger partial charge in [0.1, 0.15) is 5.69 Å². The average Bonchev–Trinajstić information content (AvgIpc) is 3.16. The molecule has 0 aliphatic rings. The molecular weight excluding hydrogens is 362 g/mol. The second kappa shape index (κ2) is 8.37. The monoisotopic (exact) mass is 385 g/mol. The summed E-state index contributed by atoms with van der Waals surface area (Å²) in [6.07, 6.45) is 0. The van der Waals surface area contributed by atoms with Crippen molar-refractivity contribution in [2.45, 2.75) is 26.4 Å². The van der Waals surface area contributed by atoms with Gasteiger partial charge in [0.25, 0.3) is 0 Å². The van der Waals surface area contributed by atoms with E-state index in [0.717, 1.165) is 22.6 Å².